The molecule has 0 saturated carbocycles. The van der Waals surface area contributed by atoms with Gasteiger partial charge in [-0.15, -0.1) is 0 Å². The van der Waals surface area contributed by atoms with Gasteiger partial charge in [0.25, 0.3) is 0 Å². The van der Waals surface area contributed by atoms with E-state index in [-0.39, 0.29) is 5.91 Å². The first-order valence-electron chi connectivity index (χ1n) is 8.18. The number of likely N-dealkylation sites (N-methyl/N-ethyl adjacent to an activating group) is 2. The Morgan fingerprint density at radius 2 is 1.86 bits per heavy atom. The predicted octanol–water partition coefficient (Wildman–Crippen LogP) is 0.846. The fourth-order valence-electron chi connectivity index (χ4n) is 2.87. The van der Waals surface area contributed by atoms with Gasteiger partial charge in [0.05, 0.1) is 5.41 Å². The lowest BCUT2D eigenvalue weighted by Gasteiger charge is -2.36. The maximum absolute atomic E-state index is 12.5. The third-order valence-corrected chi connectivity index (χ3v) is 5.19. The lowest BCUT2D eigenvalue weighted by atomic mass is 9.86. The van der Waals surface area contributed by atoms with Crippen molar-refractivity contribution in [1.82, 2.24) is 14.7 Å². The topological polar surface area (TPSA) is 52.8 Å². The third-order valence-electron chi connectivity index (χ3n) is 5.19. The summed E-state index contributed by atoms with van der Waals surface area (Å²) >= 11 is 0. The average molecular weight is 298 g/mol. The lowest BCUT2D eigenvalue weighted by Crippen LogP contribution is -2.48. The predicted molar refractivity (Wildman–Crippen MR) is 88.2 cm³/mol. The summed E-state index contributed by atoms with van der Waals surface area (Å²) in [6.45, 7) is 8.46. The maximum Gasteiger partial charge on any atom is 0.229 e. The van der Waals surface area contributed by atoms with Crippen LogP contribution in [-0.2, 0) is 4.79 Å². The van der Waals surface area contributed by atoms with E-state index in [1.54, 1.807) is 0 Å². The third kappa shape index (κ3) is 4.94. The molecule has 0 bridgehead atoms. The Bertz CT molecular complexity index is 322. The molecule has 1 atom stereocenters. The standard InChI is InChI=1S/C16H34N4O/c1-6-16(2,13-17)15(21)20(5)12-11-19(4)14-7-9-18(3)10-8-14/h14H,6-13,17H2,1-5H3. The highest BCUT2D eigenvalue weighted by Gasteiger charge is 2.32. The number of nitrogens with two attached hydrogens (primary N) is 1. The molecule has 5 heteroatoms. The van der Waals surface area contributed by atoms with Gasteiger partial charge in [0, 0.05) is 32.7 Å². The molecule has 1 heterocycles. The zero-order valence-corrected chi connectivity index (χ0v) is 14.6. The van der Waals surface area contributed by atoms with Crippen molar-refractivity contribution < 1.29 is 4.79 Å². The van der Waals surface area contributed by atoms with Crippen molar-refractivity contribution in [3.05, 3.63) is 0 Å². The highest BCUT2D eigenvalue weighted by Crippen LogP contribution is 2.22. The number of rotatable bonds is 7. The van der Waals surface area contributed by atoms with E-state index in [2.05, 4.69) is 23.9 Å². The van der Waals surface area contributed by atoms with E-state index >= 15 is 0 Å². The van der Waals surface area contributed by atoms with E-state index < -0.39 is 5.41 Å². The van der Waals surface area contributed by atoms with E-state index in [9.17, 15) is 4.79 Å². The molecule has 0 aromatic rings. The highest BCUT2D eigenvalue weighted by atomic mass is 16.2. The molecule has 124 valence electrons. The van der Waals surface area contributed by atoms with Gasteiger partial charge in [0.2, 0.25) is 5.91 Å². The van der Waals surface area contributed by atoms with Gasteiger partial charge in [0.15, 0.2) is 0 Å². The van der Waals surface area contributed by atoms with E-state index in [1.807, 2.05) is 25.8 Å². The van der Waals surface area contributed by atoms with Crippen LogP contribution in [0.5, 0.6) is 0 Å². The van der Waals surface area contributed by atoms with Crippen LogP contribution in [0, 0.1) is 5.41 Å². The second-order valence-electron chi connectivity index (χ2n) is 6.86. The lowest BCUT2D eigenvalue weighted by molar-refractivity contribution is -0.139. The Balaban J connectivity index is 2.41. The SMILES string of the molecule is CCC(C)(CN)C(=O)N(C)CCN(C)C1CCN(C)CC1. The van der Waals surface area contributed by atoms with Crippen molar-refractivity contribution in [1.29, 1.82) is 0 Å². The molecular formula is C16H34N4O. The van der Waals surface area contributed by atoms with Gasteiger partial charge in [-0.1, -0.05) is 6.92 Å². The molecule has 5 nitrogen and oxygen atoms in total. The first-order valence-corrected chi connectivity index (χ1v) is 8.18. The smallest absolute Gasteiger partial charge is 0.229 e. The van der Waals surface area contributed by atoms with Gasteiger partial charge in [-0.3, -0.25) is 4.79 Å². The van der Waals surface area contributed by atoms with Crippen LogP contribution in [-0.4, -0.2) is 80.5 Å². The van der Waals surface area contributed by atoms with Crippen LogP contribution >= 0.6 is 0 Å². The summed E-state index contributed by atoms with van der Waals surface area (Å²) in [6, 6.07) is 0.650. The molecular weight excluding hydrogens is 264 g/mol. The minimum absolute atomic E-state index is 0.171. The molecule has 1 aliphatic rings. The Hall–Kier alpha value is -0.650. The highest BCUT2D eigenvalue weighted by molar-refractivity contribution is 5.82. The minimum atomic E-state index is -0.416. The van der Waals surface area contributed by atoms with Crippen LogP contribution in [0.25, 0.3) is 0 Å². The molecule has 1 amide bonds. The quantitative estimate of drug-likeness (QED) is 0.757. The Morgan fingerprint density at radius 1 is 1.29 bits per heavy atom. The summed E-state index contributed by atoms with van der Waals surface area (Å²) in [5, 5.41) is 0. The number of carbonyl (C=O) groups excluding carboxylic acids is 1. The van der Waals surface area contributed by atoms with Gasteiger partial charge in [-0.2, -0.15) is 0 Å². The molecule has 0 aliphatic carbocycles. The van der Waals surface area contributed by atoms with Gasteiger partial charge in [-0.05, 0) is 53.4 Å². The Kier molecular flexibility index (Phi) is 7.10. The molecule has 2 N–H and O–H groups in total. The van der Waals surface area contributed by atoms with Crippen LogP contribution in [0.1, 0.15) is 33.1 Å². The van der Waals surface area contributed by atoms with E-state index in [4.69, 9.17) is 5.73 Å². The van der Waals surface area contributed by atoms with Crippen molar-refractivity contribution >= 4 is 5.91 Å². The van der Waals surface area contributed by atoms with E-state index in [1.165, 1.54) is 25.9 Å². The summed E-state index contributed by atoms with van der Waals surface area (Å²) in [6.07, 6.45) is 3.23. The number of likely N-dealkylation sites (tertiary alicyclic amines) is 1. The maximum atomic E-state index is 12.5. The number of nitrogens with zero attached hydrogens (tertiary/aromatic N) is 3. The van der Waals surface area contributed by atoms with E-state index in [0.717, 1.165) is 19.5 Å². The summed E-state index contributed by atoms with van der Waals surface area (Å²) in [4.78, 5) is 19.1. The van der Waals surface area contributed by atoms with Crippen molar-refractivity contribution in [2.24, 2.45) is 11.1 Å². The van der Waals surface area contributed by atoms with Crippen LogP contribution < -0.4 is 5.73 Å². The molecule has 0 spiro atoms. The zero-order chi connectivity index (χ0) is 16.0. The Labute approximate surface area is 130 Å². The number of amides is 1. The zero-order valence-electron chi connectivity index (χ0n) is 14.6. The van der Waals surface area contributed by atoms with E-state index in [0.29, 0.717) is 12.6 Å². The minimum Gasteiger partial charge on any atom is -0.344 e. The van der Waals surface area contributed by atoms with Crippen molar-refractivity contribution in [2.45, 2.75) is 39.2 Å². The monoisotopic (exact) mass is 298 g/mol. The molecule has 1 unspecified atom stereocenters. The Morgan fingerprint density at radius 3 is 2.33 bits per heavy atom. The number of piperidine rings is 1. The van der Waals surface area contributed by atoms with Gasteiger partial charge < -0.3 is 20.4 Å². The summed E-state index contributed by atoms with van der Waals surface area (Å²) in [5.41, 5.74) is 5.36. The second kappa shape index (κ2) is 8.11. The van der Waals surface area contributed by atoms with Crippen LogP contribution in [0.3, 0.4) is 0 Å². The number of hydrogen-bond donors (Lipinski definition) is 1. The van der Waals surface area contributed by atoms with Crippen molar-refractivity contribution in [2.75, 3.05) is 53.9 Å². The first-order chi connectivity index (χ1) is 9.84. The molecule has 0 aromatic carbocycles. The average Bonchev–Trinajstić information content (AvgIpc) is 2.51. The second-order valence-corrected chi connectivity index (χ2v) is 6.86. The van der Waals surface area contributed by atoms with Crippen LogP contribution in [0.2, 0.25) is 0 Å². The van der Waals surface area contributed by atoms with Gasteiger partial charge >= 0.3 is 0 Å². The van der Waals surface area contributed by atoms with Crippen LogP contribution in [0.15, 0.2) is 0 Å². The molecule has 1 rings (SSSR count). The van der Waals surface area contributed by atoms with Crippen molar-refractivity contribution in [3.8, 4) is 0 Å². The molecule has 1 aliphatic heterocycles. The summed E-state index contributed by atoms with van der Waals surface area (Å²) < 4.78 is 0. The fourth-order valence-corrected chi connectivity index (χ4v) is 2.87. The molecule has 21 heavy (non-hydrogen) atoms. The van der Waals surface area contributed by atoms with Crippen molar-refractivity contribution in [3.63, 3.8) is 0 Å². The number of carbonyl (C=O) groups is 1. The van der Waals surface area contributed by atoms with Gasteiger partial charge in [-0.25, -0.2) is 0 Å². The molecule has 0 radical (unpaired) electrons. The fraction of sp³-hybridized carbons (Fsp3) is 0.938. The molecule has 1 saturated heterocycles. The molecule has 1 fully saturated rings. The number of hydrogen-bond acceptors (Lipinski definition) is 4. The molecule has 0 aromatic heterocycles. The largest absolute Gasteiger partial charge is 0.344 e. The summed E-state index contributed by atoms with van der Waals surface area (Å²) in [7, 11) is 6.26. The normalized spacial score (nSPS) is 20.5. The van der Waals surface area contributed by atoms with Gasteiger partial charge in [0.1, 0.15) is 0 Å². The first kappa shape index (κ1) is 18.4. The summed E-state index contributed by atoms with van der Waals surface area (Å²) in [5.74, 6) is 0.171. The van der Waals surface area contributed by atoms with Crippen LogP contribution in [0.4, 0.5) is 0 Å².